The van der Waals surface area contributed by atoms with Gasteiger partial charge in [0.15, 0.2) is 5.79 Å². The highest BCUT2D eigenvalue weighted by molar-refractivity contribution is 14.1. The van der Waals surface area contributed by atoms with Crippen molar-refractivity contribution in [3.8, 4) is 0 Å². The molecule has 0 bridgehead atoms. The maximum atomic E-state index is 5.77. The Morgan fingerprint density at radius 2 is 2.25 bits per heavy atom. The number of halogens is 1. The van der Waals surface area contributed by atoms with Crippen LogP contribution in [0.15, 0.2) is 9.66 Å². The Bertz CT molecular complexity index is 223. The molecule has 1 aliphatic heterocycles. The third kappa shape index (κ3) is 1.54. The van der Waals surface area contributed by atoms with E-state index in [0.29, 0.717) is 0 Å². The number of ether oxygens (including phenoxy) is 2. The van der Waals surface area contributed by atoms with Gasteiger partial charge in [0.2, 0.25) is 0 Å². The predicted octanol–water partition coefficient (Wildman–Crippen LogP) is 2.62. The number of fused-ring (bicyclic) bond motifs is 1. The quantitative estimate of drug-likeness (QED) is 0.635. The summed E-state index contributed by atoms with van der Waals surface area (Å²) in [6.07, 6.45) is 4.96. The largest absolute Gasteiger partial charge is 0.344 e. The molecule has 2 atom stereocenters. The Hall–Kier alpha value is 0.390. The van der Waals surface area contributed by atoms with Crippen LogP contribution in [0.3, 0.4) is 0 Å². The van der Waals surface area contributed by atoms with E-state index in [-0.39, 0.29) is 18.0 Å². The topological polar surface area (TPSA) is 18.5 Å². The summed E-state index contributed by atoms with van der Waals surface area (Å²) < 4.78 is 12.8. The highest BCUT2D eigenvalue weighted by Crippen LogP contribution is 2.39. The maximum absolute atomic E-state index is 5.77. The van der Waals surface area contributed by atoms with Crippen molar-refractivity contribution in [3.63, 3.8) is 0 Å². The lowest BCUT2D eigenvalue weighted by Crippen LogP contribution is -2.25. The standard InChI is InChI=1S/C9H13IO2/c1-9(2)11-7-5-3-4-6(10)8(7)12-9/h4,7-8H,3,5H2,1-2H3/t7-,8+/m0/s1. The first-order valence-corrected chi connectivity index (χ1v) is 5.37. The summed E-state index contributed by atoms with van der Waals surface area (Å²) in [5, 5.41) is 0. The van der Waals surface area contributed by atoms with Crippen molar-refractivity contribution >= 4 is 22.6 Å². The van der Waals surface area contributed by atoms with Gasteiger partial charge in [0, 0.05) is 3.58 Å². The maximum Gasteiger partial charge on any atom is 0.164 e. The first-order chi connectivity index (χ1) is 5.58. The first kappa shape index (κ1) is 8.97. The van der Waals surface area contributed by atoms with Crippen LogP contribution < -0.4 is 0 Å². The van der Waals surface area contributed by atoms with Crippen LogP contribution in [0.5, 0.6) is 0 Å². The molecule has 0 unspecified atom stereocenters. The number of hydrogen-bond acceptors (Lipinski definition) is 2. The molecule has 0 amide bonds. The summed E-state index contributed by atoms with van der Waals surface area (Å²) in [5.74, 6) is -0.385. The van der Waals surface area contributed by atoms with Crippen LogP contribution >= 0.6 is 22.6 Å². The molecule has 0 radical (unpaired) electrons. The molecule has 0 aromatic carbocycles. The van der Waals surface area contributed by atoms with E-state index in [1.165, 1.54) is 3.58 Å². The summed E-state index contributed by atoms with van der Waals surface area (Å²) in [6, 6.07) is 0. The van der Waals surface area contributed by atoms with Crippen molar-refractivity contribution in [3.05, 3.63) is 9.66 Å². The van der Waals surface area contributed by atoms with Crippen molar-refractivity contribution in [2.24, 2.45) is 0 Å². The third-order valence-corrected chi connectivity index (χ3v) is 3.30. The minimum absolute atomic E-state index is 0.203. The lowest BCUT2D eigenvalue weighted by atomic mass is 10.0. The molecule has 0 N–H and O–H groups in total. The van der Waals surface area contributed by atoms with Crippen LogP contribution in [-0.4, -0.2) is 18.0 Å². The molecule has 3 heteroatoms. The van der Waals surface area contributed by atoms with Gasteiger partial charge in [-0.25, -0.2) is 0 Å². The Morgan fingerprint density at radius 1 is 1.50 bits per heavy atom. The summed E-state index contributed by atoms with van der Waals surface area (Å²) in [7, 11) is 0. The van der Waals surface area contributed by atoms with Crippen LogP contribution in [0.25, 0.3) is 0 Å². The van der Waals surface area contributed by atoms with Crippen LogP contribution in [-0.2, 0) is 9.47 Å². The van der Waals surface area contributed by atoms with Crippen molar-refractivity contribution in [2.75, 3.05) is 0 Å². The van der Waals surface area contributed by atoms with Gasteiger partial charge < -0.3 is 9.47 Å². The molecule has 2 nitrogen and oxygen atoms in total. The number of hydrogen-bond donors (Lipinski definition) is 0. The molecule has 2 aliphatic rings. The van der Waals surface area contributed by atoms with Crippen LogP contribution in [0.1, 0.15) is 26.7 Å². The van der Waals surface area contributed by atoms with Crippen molar-refractivity contribution in [1.29, 1.82) is 0 Å². The van der Waals surface area contributed by atoms with E-state index >= 15 is 0 Å². The van der Waals surface area contributed by atoms with Crippen LogP contribution in [0, 0.1) is 0 Å². The van der Waals surface area contributed by atoms with E-state index in [4.69, 9.17) is 9.47 Å². The van der Waals surface area contributed by atoms with Gasteiger partial charge in [0.25, 0.3) is 0 Å². The van der Waals surface area contributed by atoms with Gasteiger partial charge in [-0.05, 0) is 49.3 Å². The van der Waals surface area contributed by atoms with E-state index in [9.17, 15) is 0 Å². The highest BCUT2D eigenvalue weighted by Gasteiger charge is 2.43. The fourth-order valence-electron chi connectivity index (χ4n) is 1.78. The summed E-state index contributed by atoms with van der Waals surface area (Å²) in [4.78, 5) is 0. The lowest BCUT2D eigenvalue weighted by molar-refractivity contribution is -0.143. The second-order valence-corrected chi connectivity index (χ2v) is 5.01. The second kappa shape index (κ2) is 2.96. The average Bonchev–Trinajstić information content (AvgIpc) is 2.25. The molecule has 1 aliphatic carbocycles. The van der Waals surface area contributed by atoms with Crippen molar-refractivity contribution in [1.82, 2.24) is 0 Å². The molecule has 68 valence electrons. The van der Waals surface area contributed by atoms with E-state index < -0.39 is 0 Å². The Morgan fingerprint density at radius 3 is 2.92 bits per heavy atom. The third-order valence-electron chi connectivity index (χ3n) is 2.25. The summed E-state index contributed by atoms with van der Waals surface area (Å²) in [5.41, 5.74) is 0. The number of rotatable bonds is 0. The van der Waals surface area contributed by atoms with E-state index in [1.807, 2.05) is 13.8 Å². The minimum atomic E-state index is -0.385. The van der Waals surface area contributed by atoms with Gasteiger partial charge in [-0.2, -0.15) is 0 Å². The molecule has 2 rings (SSSR count). The average molecular weight is 280 g/mol. The van der Waals surface area contributed by atoms with Gasteiger partial charge in [-0.1, -0.05) is 6.08 Å². The second-order valence-electron chi connectivity index (χ2n) is 3.76. The molecule has 12 heavy (non-hydrogen) atoms. The number of allylic oxidation sites excluding steroid dienone is 1. The molecule has 0 aromatic heterocycles. The molecule has 1 heterocycles. The zero-order valence-corrected chi connectivity index (χ0v) is 9.50. The highest BCUT2D eigenvalue weighted by atomic mass is 127. The van der Waals surface area contributed by atoms with Crippen molar-refractivity contribution < 1.29 is 9.47 Å². The fourth-order valence-corrected chi connectivity index (χ4v) is 2.62. The SMILES string of the molecule is CC1(C)O[C@H]2CCC=C(I)[C@H]2O1. The van der Waals surface area contributed by atoms with Gasteiger partial charge in [0.1, 0.15) is 6.10 Å². The van der Waals surface area contributed by atoms with Crippen molar-refractivity contribution in [2.45, 2.75) is 44.7 Å². The smallest absolute Gasteiger partial charge is 0.164 e. The summed E-state index contributed by atoms with van der Waals surface area (Å²) >= 11 is 2.35. The van der Waals surface area contributed by atoms with Gasteiger partial charge in [0.05, 0.1) is 6.10 Å². The van der Waals surface area contributed by atoms with Crippen LogP contribution in [0.2, 0.25) is 0 Å². The normalized spacial score (nSPS) is 39.1. The van der Waals surface area contributed by atoms with E-state index in [1.54, 1.807) is 0 Å². The zero-order chi connectivity index (χ0) is 8.77. The Labute approximate surface area is 86.4 Å². The molecular formula is C9H13IO2. The van der Waals surface area contributed by atoms with Crippen LogP contribution in [0.4, 0.5) is 0 Å². The zero-order valence-electron chi connectivity index (χ0n) is 7.34. The molecule has 0 spiro atoms. The molecular weight excluding hydrogens is 267 g/mol. The Kier molecular flexibility index (Phi) is 2.21. The van der Waals surface area contributed by atoms with Gasteiger partial charge in [-0.15, -0.1) is 0 Å². The van der Waals surface area contributed by atoms with E-state index in [0.717, 1.165) is 12.8 Å². The first-order valence-electron chi connectivity index (χ1n) is 4.30. The van der Waals surface area contributed by atoms with Gasteiger partial charge >= 0.3 is 0 Å². The lowest BCUT2D eigenvalue weighted by Gasteiger charge is -2.19. The summed E-state index contributed by atoms with van der Waals surface area (Å²) in [6.45, 7) is 3.96. The molecule has 0 aromatic rings. The fraction of sp³-hybridized carbons (Fsp3) is 0.778. The molecule has 1 fully saturated rings. The predicted molar refractivity (Wildman–Crippen MR) is 55.2 cm³/mol. The Balaban J connectivity index is 2.18. The minimum Gasteiger partial charge on any atom is -0.344 e. The molecule has 1 saturated heterocycles. The van der Waals surface area contributed by atoms with E-state index in [2.05, 4.69) is 28.7 Å². The molecule has 0 saturated carbocycles. The monoisotopic (exact) mass is 280 g/mol. The van der Waals surface area contributed by atoms with Gasteiger partial charge in [-0.3, -0.25) is 0 Å².